The Kier molecular flexibility index (Phi) is 2.34. The second-order valence-electron chi connectivity index (χ2n) is 4.10. The van der Waals surface area contributed by atoms with E-state index in [9.17, 15) is 14.0 Å². The van der Waals surface area contributed by atoms with Crippen molar-refractivity contribution >= 4 is 17.6 Å². The average molecular weight is 262 g/mol. The maximum atomic E-state index is 13.8. The van der Waals surface area contributed by atoms with Crippen LogP contribution in [-0.2, 0) is 11.2 Å². The van der Waals surface area contributed by atoms with E-state index in [0.29, 0.717) is 11.1 Å². The van der Waals surface area contributed by atoms with Crippen molar-refractivity contribution in [1.29, 1.82) is 0 Å². The van der Waals surface area contributed by atoms with Gasteiger partial charge in [-0.3, -0.25) is 4.79 Å². The summed E-state index contributed by atoms with van der Waals surface area (Å²) in [5.41, 5.74) is 1.25. The highest BCUT2D eigenvalue weighted by Gasteiger charge is 2.23. The molecule has 1 aliphatic heterocycles. The fraction of sp³-hybridized carbons (Fsp3) is 0.0833. The summed E-state index contributed by atoms with van der Waals surface area (Å²) in [6.45, 7) is 0. The first-order valence-corrected chi connectivity index (χ1v) is 5.37. The monoisotopic (exact) mass is 262 g/mol. The van der Waals surface area contributed by atoms with Gasteiger partial charge < -0.3 is 14.9 Å². The molecule has 0 spiro atoms. The van der Waals surface area contributed by atoms with Gasteiger partial charge in [0.15, 0.2) is 0 Å². The van der Waals surface area contributed by atoms with Crippen LogP contribution < -0.4 is 5.32 Å². The number of hydrogen-bond acceptors (Lipinski definition) is 4. The molecule has 0 saturated carbocycles. The molecule has 19 heavy (non-hydrogen) atoms. The Bertz CT molecular complexity index is 708. The molecule has 2 N–H and O–H groups in total. The van der Waals surface area contributed by atoms with Crippen LogP contribution in [0.4, 0.5) is 10.1 Å². The Balaban J connectivity index is 2.06. The van der Waals surface area contributed by atoms with Gasteiger partial charge in [0, 0.05) is 11.6 Å². The third-order valence-corrected chi connectivity index (χ3v) is 2.80. The zero-order valence-electron chi connectivity index (χ0n) is 9.44. The summed E-state index contributed by atoms with van der Waals surface area (Å²) < 4.78 is 18.4. The summed E-state index contributed by atoms with van der Waals surface area (Å²) in [5.74, 6) is -2.45. The number of hydrogen-bond donors (Lipinski definition) is 2. The number of halogens is 1. The quantitative estimate of drug-likeness (QED) is 0.858. The first-order valence-electron chi connectivity index (χ1n) is 5.37. The largest absolute Gasteiger partial charge is 0.475 e. The molecule has 2 heterocycles. The minimum atomic E-state index is -1.25. The zero-order chi connectivity index (χ0) is 13.6. The molecular weight excluding hydrogens is 255 g/mol. The summed E-state index contributed by atoms with van der Waals surface area (Å²) in [5, 5.41) is 14.7. The van der Waals surface area contributed by atoms with Crippen LogP contribution in [0.25, 0.3) is 11.3 Å². The molecule has 0 atom stereocenters. The van der Waals surface area contributed by atoms with Crippen molar-refractivity contribution in [2.45, 2.75) is 6.42 Å². The highest BCUT2D eigenvalue weighted by Crippen LogP contribution is 2.31. The molecule has 0 saturated heterocycles. The van der Waals surface area contributed by atoms with Gasteiger partial charge in [-0.2, -0.15) is 0 Å². The van der Waals surface area contributed by atoms with Gasteiger partial charge in [-0.1, -0.05) is 5.16 Å². The molecule has 1 amide bonds. The molecule has 0 radical (unpaired) electrons. The molecule has 1 aliphatic rings. The second-order valence-corrected chi connectivity index (χ2v) is 4.10. The van der Waals surface area contributed by atoms with Crippen LogP contribution in [0.3, 0.4) is 0 Å². The van der Waals surface area contributed by atoms with Crippen LogP contribution in [0.2, 0.25) is 0 Å². The molecular formula is C12H7FN2O4. The number of carboxylic acid groups (broad SMARTS) is 1. The van der Waals surface area contributed by atoms with Crippen molar-refractivity contribution in [2.75, 3.05) is 5.32 Å². The normalized spacial score (nSPS) is 13.2. The number of benzene rings is 1. The van der Waals surface area contributed by atoms with E-state index in [1.807, 2.05) is 0 Å². The number of fused-ring (bicyclic) bond motifs is 1. The number of aromatic nitrogens is 1. The second kappa shape index (κ2) is 3.91. The molecule has 0 fully saturated rings. The van der Waals surface area contributed by atoms with Gasteiger partial charge in [-0.25, -0.2) is 9.18 Å². The predicted octanol–water partition coefficient (Wildman–Crippen LogP) is 1.67. The standard InChI is InChI=1S/C12H7FN2O4/c13-7-2-5(1-6-3-10(16)14-11(6)7)8-4-9(12(17)18)19-15-8/h1-2,4H,3H2,(H,14,16)(H,17,18). The molecule has 2 aromatic rings. The van der Waals surface area contributed by atoms with Crippen molar-refractivity contribution in [1.82, 2.24) is 5.16 Å². The molecule has 0 bridgehead atoms. The van der Waals surface area contributed by atoms with Gasteiger partial charge in [0.25, 0.3) is 0 Å². The highest BCUT2D eigenvalue weighted by atomic mass is 19.1. The van der Waals surface area contributed by atoms with E-state index < -0.39 is 11.8 Å². The van der Waals surface area contributed by atoms with E-state index in [4.69, 9.17) is 5.11 Å². The van der Waals surface area contributed by atoms with Gasteiger partial charge >= 0.3 is 5.97 Å². The Morgan fingerprint density at radius 3 is 2.89 bits per heavy atom. The number of aromatic carboxylic acids is 1. The van der Waals surface area contributed by atoms with Gasteiger partial charge in [0.1, 0.15) is 11.5 Å². The molecule has 96 valence electrons. The maximum absolute atomic E-state index is 13.8. The summed E-state index contributed by atoms with van der Waals surface area (Å²) in [6, 6.07) is 3.96. The molecule has 7 heteroatoms. The van der Waals surface area contributed by atoms with Crippen molar-refractivity contribution in [3.05, 3.63) is 35.3 Å². The fourth-order valence-electron chi connectivity index (χ4n) is 1.96. The van der Waals surface area contributed by atoms with Crippen molar-refractivity contribution in [3.63, 3.8) is 0 Å². The van der Waals surface area contributed by atoms with Crippen LogP contribution >= 0.6 is 0 Å². The smallest absolute Gasteiger partial charge is 0.374 e. The number of rotatable bonds is 2. The lowest BCUT2D eigenvalue weighted by atomic mass is 10.1. The van der Waals surface area contributed by atoms with E-state index in [1.165, 1.54) is 12.1 Å². The van der Waals surface area contributed by atoms with Gasteiger partial charge in [0.2, 0.25) is 11.7 Å². The molecule has 1 aromatic heterocycles. The lowest BCUT2D eigenvalue weighted by Crippen LogP contribution is -2.04. The third-order valence-electron chi connectivity index (χ3n) is 2.80. The molecule has 3 rings (SSSR count). The SMILES string of the molecule is O=C1Cc2cc(-c3cc(C(=O)O)on3)cc(F)c2N1. The average Bonchev–Trinajstić information content (AvgIpc) is 2.94. The van der Waals surface area contributed by atoms with Crippen molar-refractivity contribution < 1.29 is 23.6 Å². The van der Waals surface area contributed by atoms with E-state index in [2.05, 4.69) is 15.0 Å². The minimum Gasteiger partial charge on any atom is -0.475 e. The predicted molar refractivity (Wildman–Crippen MR) is 61.2 cm³/mol. The lowest BCUT2D eigenvalue weighted by molar-refractivity contribution is -0.115. The van der Waals surface area contributed by atoms with Gasteiger partial charge in [-0.05, 0) is 17.7 Å². The maximum Gasteiger partial charge on any atom is 0.374 e. The first-order chi connectivity index (χ1) is 9.04. The van der Waals surface area contributed by atoms with E-state index in [-0.39, 0.29) is 29.5 Å². The van der Waals surface area contributed by atoms with Crippen molar-refractivity contribution in [2.24, 2.45) is 0 Å². The Labute approximate surface area is 105 Å². The van der Waals surface area contributed by atoms with Crippen LogP contribution in [0.5, 0.6) is 0 Å². The zero-order valence-corrected chi connectivity index (χ0v) is 9.44. The van der Waals surface area contributed by atoms with E-state index in [0.717, 1.165) is 0 Å². The molecule has 0 aliphatic carbocycles. The number of anilines is 1. The first kappa shape index (κ1) is 11.4. The summed E-state index contributed by atoms with van der Waals surface area (Å²) in [6.07, 6.45) is 0.0870. The number of nitrogens with one attached hydrogen (secondary N) is 1. The van der Waals surface area contributed by atoms with Crippen LogP contribution in [-0.4, -0.2) is 22.1 Å². The lowest BCUT2D eigenvalue weighted by Gasteiger charge is -2.03. The van der Waals surface area contributed by atoms with Crippen LogP contribution in [0.1, 0.15) is 16.1 Å². The molecule has 1 aromatic carbocycles. The van der Waals surface area contributed by atoms with Crippen LogP contribution in [0.15, 0.2) is 22.7 Å². The summed E-state index contributed by atoms with van der Waals surface area (Å²) in [7, 11) is 0. The highest BCUT2D eigenvalue weighted by molar-refractivity contribution is 6.00. The summed E-state index contributed by atoms with van der Waals surface area (Å²) >= 11 is 0. The third kappa shape index (κ3) is 1.85. The molecule has 6 nitrogen and oxygen atoms in total. The summed E-state index contributed by atoms with van der Waals surface area (Å²) in [4.78, 5) is 21.9. The number of nitrogens with zero attached hydrogens (tertiary/aromatic N) is 1. The van der Waals surface area contributed by atoms with E-state index in [1.54, 1.807) is 6.07 Å². The topological polar surface area (TPSA) is 92.4 Å². The number of carbonyl (C=O) groups is 2. The number of carboxylic acids is 1. The number of carbonyl (C=O) groups excluding carboxylic acids is 1. The van der Waals surface area contributed by atoms with E-state index >= 15 is 0 Å². The molecule has 0 unspecified atom stereocenters. The van der Waals surface area contributed by atoms with Crippen LogP contribution in [0, 0.1) is 5.82 Å². The van der Waals surface area contributed by atoms with Gasteiger partial charge in [-0.15, -0.1) is 0 Å². The number of amides is 1. The Hall–Kier alpha value is -2.70. The minimum absolute atomic E-state index is 0.0870. The van der Waals surface area contributed by atoms with Crippen molar-refractivity contribution in [3.8, 4) is 11.3 Å². The Morgan fingerprint density at radius 2 is 2.21 bits per heavy atom. The fourth-order valence-corrected chi connectivity index (χ4v) is 1.96. The van der Waals surface area contributed by atoms with Gasteiger partial charge in [0.05, 0.1) is 12.1 Å². The Morgan fingerprint density at radius 1 is 1.42 bits per heavy atom.